The van der Waals surface area contributed by atoms with E-state index in [2.05, 4.69) is 25.2 Å². The first kappa shape index (κ1) is 22.6. The van der Waals surface area contributed by atoms with Crippen LogP contribution in [0.3, 0.4) is 0 Å². The molecule has 1 aliphatic rings. The summed E-state index contributed by atoms with van der Waals surface area (Å²) in [6.07, 6.45) is 5.10. The van der Waals surface area contributed by atoms with Gasteiger partial charge in [-0.25, -0.2) is 4.68 Å². The minimum atomic E-state index is -3.90. The number of amidine groups is 1. The lowest BCUT2D eigenvalue weighted by Crippen LogP contribution is -2.26. The van der Waals surface area contributed by atoms with Crippen LogP contribution in [0.4, 0.5) is 5.69 Å². The lowest BCUT2D eigenvalue weighted by Gasteiger charge is -2.17. The number of aromatic nitrogens is 4. The molecule has 0 aliphatic carbocycles. The molecule has 2 heterocycles. The van der Waals surface area contributed by atoms with E-state index in [1.807, 2.05) is 18.9 Å². The second kappa shape index (κ2) is 9.49. The number of likely N-dealkylation sites (tertiary alicyclic amines) is 1. The molecule has 0 bridgehead atoms. The quantitative estimate of drug-likeness (QED) is 0.612. The van der Waals surface area contributed by atoms with E-state index in [-0.39, 0.29) is 10.8 Å². The van der Waals surface area contributed by atoms with Crippen LogP contribution in [0.1, 0.15) is 41.6 Å². The Morgan fingerprint density at radius 2 is 1.97 bits per heavy atom. The number of nitrogens with one attached hydrogen (secondary N) is 1. The summed E-state index contributed by atoms with van der Waals surface area (Å²) in [7, 11) is -2.03. The number of aryl methyl sites for hydroxylation is 1. The topological polar surface area (TPSA) is 122 Å². The van der Waals surface area contributed by atoms with Gasteiger partial charge in [-0.2, -0.15) is 8.42 Å². The van der Waals surface area contributed by atoms with Gasteiger partial charge in [0.15, 0.2) is 0 Å². The van der Waals surface area contributed by atoms with E-state index in [1.54, 1.807) is 30.3 Å². The zero-order valence-corrected chi connectivity index (χ0v) is 19.3. The lowest BCUT2D eigenvalue weighted by atomic mass is 10.1. The Hall–Kier alpha value is -3.60. The van der Waals surface area contributed by atoms with Crippen LogP contribution in [0.5, 0.6) is 0 Å². The number of tetrazole rings is 1. The summed E-state index contributed by atoms with van der Waals surface area (Å²) in [5.41, 5.74) is 2.37. The number of hydrogen-bond donors (Lipinski definition) is 1. The standard InChI is InChI=1S/C22H25N7O3S/c1-16-13-17(10-11-20(16)29-15-23-26-27-29)22(30)24-18-7-6-8-19(14-18)33(31,32)25-21-9-4-3-5-12-28(21)2/h6-8,10-11,13-15H,3-5,9,12H2,1-2H3,(H,24,30)/b25-21+. The molecule has 1 aromatic heterocycles. The highest BCUT2D eigenvalue weighted by molar-refractivity contribution is 7.90. The van der Waals surface area contributed by atoms with Crippen LogP contribution in [0, 0.1) is 6.92 Å². The first-order chi connectivity index (χ1) is 15.8. The van der Waals surface area contributed by atoms with E-state index in [4.69, 9.17) is 0 Å². The SMILES string of the molecule is Cc1cc(C(=O)Nc2cccc(S(=O)(=O)/N=C3\CCCCCN3C)c2)ccc1-n1cnnn1. The molecule has 1 amide bonds. The van der Waals surface area contributed by atoms with Crippen LogP contribution in [-0.4, -0.2) is 58.9 Å². The fourth-order valence-corrected chi connectivity index (χ4v) is 4.84. The number of hydrogen-bond acceptors (Lipinski definition) is 6. The summed E-state index contributed by atoms with van der Waals surface area (Å²) in [5.74, 6) is 0.214. The summed E-state index contributed by atoms with van der Waals surface area (Å²) >= 11 is 0. The largest absolute Gasteiger partial charge is 0.362 e. The molecule has 3 aromatic rings. The first-order valence-electron chi connectivity index (χ1n) is 10.6. The average molecular weight is 468 g/mol. The van der Waals surface area contributed by atoms with Gasteiger partial charge in [0.2, 0.25) is 0 Å². The number of nitrogens with zero attached hydrogens (tertiary/aromatic N) is 6. The Labute approximate surface area is 192 Å². The molecular formula is C22H25N7O3S. The van der Waals surface area contributed by atoms with E-state index in [0.29, 0.717) is 23.5 Å². The van der Waals surface area contributed by atoms with Gasteiger partial charge >= 0.3 is 0 Å². The summed E-state index contributed by atoms with van der Waals surface area (Å²) in [6, 6.07) is 11.3. The highest BCUT2D eigenvalue weighted by Crippen LogP contribution is 2.21. The molecule has 4 rings (SSSR count). The molecule has 11 heteroatoms. The molecule has 2 aromatic carbocycles. The van der Waals surface area contributed by atoms with Crippen LogP contribution in [0.15, 0.2) is 58.1 Å². The van der Waals surface area contributed by atoms with Crippen LogP contribution in [0.2, 0.25) is 0 Å². The van der Waals surface area contributed by atoms with Gasteiger partial charge in [0.1, 0.15) is 12.2 Å². The van der Waals surface area contributed by atoms with Crippen LogP contribution in [0.25, 0.3) is 5.69 Å². The molecule has 10 nitrogen and oxygen atoms in total. The predicted molar refractivity (Wildman–Crippen MR) is 124 cm³/mol. The molecule has 0 atom stereocenters. The molecule has 0 saturated carbocycles. The number of carbonyl (C=O) groups excluding carboxylic acids is 1. The fraction of sp³-hybridized carbons (Fsp3) is 0.318. The van der Waals surface area contributed by atoms with Crippen LogP contribution >= 0.6 is 0 Å². The zero-order valence-electron chi connectivity index (χ0n) is 18.5. The number of amides is 1. The molecule has 0 spiro atoms. The number of carbonyl (C=O) groups is 1. The van der Waals surface area contributed by atoms with Gasteiger partial charge in [0, 0.05) is 31.3 Å². The number of rotatable bonds is 5. The van der Waals surface area contributed by atoms with Gasteiger partial charge in [0.05, 0.1) is 10.6 Å². The van der Waals surface area contributed by atoms with Gasteiger partial charge in [-0.05, 0) is 72.2 Å². The highest BCUT2D eigenvalue weighted by Gasteiger charge is 2.19. The Balaban J connectivity index is 1.53. The summed E-state index contributed by atoms with van der Waals surface area (Å²) in [5, 5.41) is 13.9. The van der Waals surface area contributed by atoms with Crippen molar-refractivity contribution in [3.63, 3.8) is 0 Å². The fourth-order valence-electron chi connectivity index (χ4n) is 3.70. The molecular weight excluding hydrogens is 442 g/mol. The molecule has 33 heavy (non-hydrogen) atoms. The monoisotopic (exact) mass is 467 g/mol. The second-order valence-electron chi connectivity index (χ2n) is 7.95. The maximum absolute atomic E-state index is 12.9. The molecule has 1 N–H and O–H groups in total. The second-order valence-corrected chi connectivity index (χ2v) is 9.56. The first-order valence-corrected chi connectivity index (χ1v) is 12.1. The number of benzene rings is 2. The minimum Gasteiger partial charge on any atom is -0.362 e. The van der Waals surface area contributed by atoms with Gasteiger partial charge < -0.3 is 10.2 Å². The van der Waals surface area contributed by atoms with Crippen molar-refractivity contribution in [1.82, 2.24) is 25.1 Å². The van der Waals surface area contributed by atoms with Crippen molar-refractivity contribution >= 4 is 27.5 Å². The highest BCUT2D eigenvalue weighted by atomic mass is 32.2. The third kappa shape index (κ3) is 5.25. The van der Waals surface area contributed by atoms with Crippen molar-refractivity contribution < 1.29 is 13.2 Å². The summed E-state index contributed by atoms with van der Waals surface area (Å²) < 4.78 is 31.4. The van der Waals surface area contributed by atoms with Crippen molar-refractivity contribution in [2.75, 3.05) is 18.9 Å². The number of anilines is 1. The average Bonchev–Trinajstić information content (AvgIpc) is 3.25. The summed E-state index contributed by atoms with van der Waals surface area (Å²) in [6.45, 7) is 2.64. The van der Waals surface area contributed by atoms with Crippen molar-refractivity contribution in [3.05, 3.63) is 59.9 Å². The summed E-state index contributed by atoms with van der Waals surface area (Å²) in [4.78, 5) is 14.7. The molecule has 1 fully saturated rings. The molecule has 0 unspecified atom stereocenters. The van der Waals surface area contributed by atoms with Gasteiger partial charge in [-0.3, -0.25) is 4.79 Å². The predicted octanol–water partition coefficient (Wildman–Crippen LogP) is 2.82. The smallest absolute Gasteiger partial charge is 0.284 e. The van der Waals surface area contributed by atoms with Crippen molar-refractivity contribution in [3.8, 4) is 5.69 Å². The van der Waals surface area contributed by atoms with Gasteiger partial charge in [0.25, 0.3) is 15.9 Å². The Morgan fingerprint density at radius 1 is 1.12 bits per heavy atom. The maximum Gasteiger partial charge on any atom is 0.284 e. The van der Waals surface area contributed by atoms with Crippen molar-refractivity contribution in [1.29, 1.82) is 0 Å². The van der Waals surface area contributed by atoms with E-state index in [1.165, 1.54) is 23.1 Å². The zero-order chi connectivity index (χ0) is 23.4. The minimum absolute atomic E-state index is 0.0376. The Bertz CT molecular complexity index is 1290. The van der Waals surface area contributed by atoms with E-state index in [9.17, 15) is 13.2 Å². The van der Waals surface area contributed by atoms with E-state index >= 15 is 0 Å². The van der Waals surface area contributed by atoms with Crippen molar-refractivity contribution in [2.24, 2.45) is 4.40 Å². The third-order valence-corrected chi connectivity index (χ3v) is 6.81. The van der Waals surface area contributed by atoms with Crippen LogP contribution < -0.4 is 5.32 Å². The van der Waals surface area contributed by atoms with E-state index in [0.717, 1.165) is 37.1 Å². The van der Waals surface area contributed by atoms with Gasteiger partial charge in [-0.1, -0.05) is 12.5 Å². The molecule has 1 saturated heterocycles. The molecule has 1 aliphatic heterocycles. The third-order valence-electron chi connectivity index (χ3n) is 5.50. The van der Waals surface area contributed by atoms with E-state index < -0.39 is 10.0 Å². The van der Waals surface area contributed by atoms with Crippen molar-refractivity contribution in [2.45, 2.75) is 37.5 Å². The Kier molecular flexibility index (Phi) is 6.50. The van der Waals surface area contributed by atoms with Gasteiger partial charge in [-0.15, -0.1) is 9.50 Å². The normalized spacial score (nSPS) is 15.9. The number of sulfonamides is 1. The van der Waals surface area contributed by atoms with Crippen LogP contribution in [-0.2, 0) is 10.0 Å². The maximum atomic E-state index is 12.9. The molecule has 0 radical (unpaired) electrons. The Morgan fingerprint density at radius 3 is 2.73 bits per heavy atom. The lowest BCUT2D eigenvalue weighted by molar-refractivity contribution is 0.102. The molecule has 172 valence electrons.